The summed E-state index contributed by atoms with van der Waals surface area (Å²) in [5.41, 5.74) is 0. The van der Waals surface area contributed by atoms with Crippen molar-refractivity contribution < 1.29 is 8.42 Å². The highest BCUT2D eigenvalue weighted by molar-refractivity contribution is 7.91. The van der Waals surface area contributed by atoms with E-state index in [1.54, 1.807) is 0 Å². The molecule has 3 atom stereocenters. The Morgan fingerprint density at radius 1 is 1.14 bits per heavy atom. The van der Waals surface area contributed by atoms with Crippen molar-refractivity contribution in [3.05, 3.63) is 0 Å². The summed E-state index contributed by atoms with van der Waals surface area (Å²) in [4.78, 5) is 2.62. The molecule has 124 valence electrons. The molecule has 0 aromatic heterocycles. The molecule has 2 aliphatic rings. The number of nitrogens with one attached hydrogen (secondary N) is 1. The summed E-state index contributed by atoms with van der Waals surface area (Å²) in [7, 11) is -2.88. The van der Waals surface area contributed by atoms with Gasteiger partial charge in [-0.2, -0.15) is 0 Å². The Morgan fingerprint density at radius 3 is 2.57 bits per heavy atom. The Labute approximate surface area is 130 Å². The van der Waals surface area contributed by atoms with Crippen molar-refractivity contribution >= 4 is 9.84 Å². The van der Waals surface area contributed by atoms with Crippen molar-refractivity contribution in [2.24, 2.45) is 0 Å². The molecule has 0 aromatic rings. The highest BCUT2D eigenvalue weighted by Gasteiger charge is 2.35. The fourth-order valence-electron chi connectivity index (χ4n) is 3.90. The van der Waals surface area contributed by atoms with Gasteiger partial charge in [-0.1, -0.05) is 26.7 Å². The Kier molecular flexibility index (Phi) is 6.09. The van der Waals surface area contributed by atoms with Gasteiger partial charge in [-0.25, -0.2) is 8.42 Å². The zero-order valence-electron chi connectivity index (χ0n) is 13.8. The van der Waals surface area contributed by atoms with E-state index < -0.39 is 9.84 Å². The van der Waals surface area contributed by atoms with Crippen molar-refractivity contribution in [1.29, 1.82) is 0 Å². The molecular formula is C16H32N2O2S. The summed E-state index contributed by atoms with van der Waals surface area (Å²) >= 11 is 0. The Hall–Kier alpha value is -0.130. The molecular weight excluding hydrogens is 284 g/mol. The molecule has 3 unspecified atom stereocenters. The smallest absolute Gasteiger partial charge is 0.150 e. The third kappa shape index (κ3) is 4.93. The number of likely N-dealkylation sites (tertiary alicyclic amines) is 1. The first-order chi connectivity index (χ1) is 9.88. The molecule has 1 aliphatic carbocycles. The number of hydrogen-bond donors (Lipinski definition) is 1. The maximum atomic E-state index is 11.9. The predicted molar refractivity (Wildman–Crippen MR) is 88.4 cm³/mol. The van der Waals surface area contributed by atoms with Crippen molar-refractivity contribution in [1.82, 2.24) is 10.2 Å². The largest absolute Gasteiger partial charge is 0.313 e. The zero-order valence-corrected chi connectivity index (χ0v) is 14.7. The van der Waals surface area contributed by atoms with Crippen molar-refractivity contribution in [2.75, 3.05) is 19.3 Å². The minimum Gasteiger partial charge on any atom is -0.313 e. The summed E-state index contributed by atoms with van der Waals surface area (Å²) in [6.45, 7) is 6.56. The number of hydrogen-bond acceptors (Lipinski definition) is 4. The molecule has 1 saturated heterocycles. The average Bonchev–Trinajstić information content (AvgIpc) is 2.44. The molecule has 5 heteroatoms. The van der Waals surface area contributed by atoms with Crippen LogP contribution in [0.3, 0.4) is 0 Å². The first kappa shape index (κ1) is 17.2. The lowest BCUT2D eigenvalue weighted by Crippen LogP contribution is -2.53. The van der Waals surface area contributed by atoms with Crippen LogP contribution in [0.1, 0.15) is 58.8 Å². The van der Waals surface area contributed by atoms with E-state index in [1.807, 2.05) is 0 Å². The van der Waals surface area contributed by atoms with Gasteiger partial charge in [0, 0.05) is 30.9 Å². The monoisotopic (exact) mass is 316 g/mol. The summed E-state index contributed by atoms with van der Waals surface area (Å²) in [5.74, 6) is 0. The van der Waals surface area contributed by atoms with Crippen LogP contribution in [0, 0.1) is 0 Å². The number of nitrogens with zero attached hydrogens (tertiary/aromatic N) is 1. The van der Waals surface area contributed by atoms with E-state index in [0.29, 0.717) is 18.1 Å². The van der Waals surface area contributed by atoms with E-state index >= 15 is 0 Å². The van der Waals surface area contributed by atoms with Crippen LogP contribution in [0.5, 0.6) is 0 Å². The highest BCUT2D eigenvalue weighted by Crippen LogP contribution is 2.31. The van der Waals surface area contributed by atoms with Gasteiger partial charge in [0.15, 0.2) is 0 Å². The first-order valence-corrected chi connectivity index (χ1v) is 10.5. The second kappa shape index (κ2) is 7.42. The quantitative estimate of drug-likeness (QED) is 0.845. The van der Waals surface area contributed by atoms with Crippen LogP contribution in [0.25, 0.3) is 0 Å². The van der Waals surface area contributed by atoms with Gasteiger partial charge < -0.3 is 5.32 Å². The minimum atomic E-state index is -2.88. The molecule has 0 amide bonds. The maximum Gasteiger partial charge on any atom is 0.150 e. The second-order valence-corrected chi connectivity index (χ2v) is 9.55. The van der Waals surface area contributed by atoms with Crippen LogP contribution < -0.4 is 5.32 Å². The number of rotatable bonds is 5. The normalized spacial score (nSPS) is 32.5. The Balaban J connectivity index is 1.99. The van der Waals surface area contributed by atoms with Gasteiger partial charge in [0.25, 0.3) is 0 Å². The summed E-state index contributed by atoms with van der Waals surface area (Å²) in [6.07, 6.45) is 9.16. The van der Waals surface area contributed by atoms with E-state index in [9.17, 15) is 8.42 Å². The molecule has 1 N–H and O–H groups in total. The van der Waals surface area contributed by atoms with Gasteiger partial charge in [0.1, 0.15) is 9.84 Å². The fourth-order valence-corrected chi connectivity index (χ4v) is 5.07. The predicted octanol–water partition coefficient (Wildman–Crippen LogP) is 2.19. The van der Waals surface area contributed by atoms with E-state index in [-0.39, 0.29) is 5.25 Å². The molecule has 0 radical (unpaired) electrons. The molecule has 0 aromatic carbocycles. The lowest BCUT2D eigenvalue weighted by molar-refractivity contribution is 0.0719. The molecule has 1 aliphatic heterocycles. The van der Waals surface area contributed by atoms with Gasteiger partial charge in [-0.15, -0.1) is 0 Å². The van der Waals surface area contributed by atoms with Crippen LogP contribution in [-0.2, 0) is 9.84 Å². The maximum absolute atomic E-state index is 11.9. The summed E-state index contributed by atoms with van der Waals surface area (Å²) in [5, 5.41) is 3.45. The van der Waals surface area contributed by atoms with Crippen LogP contribution in [0.4, 0.5) is 0 Å². The summed E-state index contributed by atoms with van der Waals surface area (Å²) in [6, 6.07) is 1.58. The Morgan fingerprint density at radius 2 is 1.90 bits per heavy atom. The van der Waals surface area contributed by atoms with Gasteiger partial charge in [-0.3, -0.25) is 4.90 Å². The molecule has 4 nitrogen and oxygen atoms in total. The lowest BCUT2D eigenvalue weighted by atomic mass is 9.90. The standard InChI is InChI=1S/C16H32N2O2S/c1-13(2)17-12-15-7-4-5-10-18(15)14-8-6-9-16(11-14)21(3,19)20/h13-17H,4-12H2,1-3H3. The third-order valence-corrected chi connectivity index (χ3v) is 6.75. The molecule has 21 heavy (non-hydrogen) atoms. The van der Waals surface area contributed by atoms with Crippen molar-refractivity contribution in [3.63, 3.8) is 0 Å². The van der Waals surface area contributed by atoms with E-state index in [0.717, 1.165) is 32.4 Å². The van der Waals surface area contributed by atoms with Crippen LogP contribution >= 0.6 is 0 Å². The van der Waals surface area contributed by atoms with Gasteiger partial charge >= 0.3 is 0 Å². The Bertz CT molecular complexity index is 422. The van der Waals surface area contributed by atoms with Gasteiger partial charge in [-0.05, 0) is 38.6 Å². The van der Waals surface area contributed by atoms with Crippen molar-refractivity contribution in [3.8, 4) is 0 Å². The van der Waals surface area contributed by atoms with E-state index in [1.165, 1.54) is 31.9 Å². The van der Waals surface area contributed by atoms with Crippen LogP contribution in [-0.4, -0.2) is 56.0 Å². The van der Waals surface area contributed by atoms with Gasteiger partial charge in [0.2, 0.25) is 0 Å². The molecule has 2 rings (SSSR count). The topological polar surface area (TPSA) is 49.4 Å². The highest BCUT2D eigenvalue weighted by atomic mass is 32.2. The minimum absolute atomic E-state index is 0.114. The second-order valence-electron chi connectivity index (χ2n) is 7.22. The van der Waals surface area contributed by atoms with Crippen molar-refractivity contribution in [2.45, 2.75) is 82.2 Å². The average molecular weight is 317 g/mol. The number of sulfone groups is 1. The first-order valence-electron chi connectivity index (χ1n) is 8.56. The zero-order chi connectivity index (χ0) is 15.5. The molecule has 1 heterocycles. The fraction of sp³-hybridized carbons (Fsp3) is 1.00. The number of piperidine rings is 1. The third-order valence-electron chi connectivity index (χ3n) is 5.11. The molecule has 1 saturated carbocycles. The molecule has 0 bridgehead atoms. The van der Waals surface area contributed by atoms with Gasteiger partial charge in [0.05, 0.1) is 5.25 Å². The molecule has 0 spiro atoms. The summed E-state index contributed by atoms with van der Waals surface area (Å²) < 4.78 is 23.8. The van der Waals surface area contributed by atoms with E-state index in [2.05, 4.69) is 24.1 Å². The van der Waals surface area contributed by atoms with Crippen LogP contribution in [0.2, 0.25) is 0 Å². The lowest BCUT2D eigenvalue weighted by Gasteiger charge is -2.44. The molecule has 2 fully saturated rings. The van der Waals surface area contributed by atoms with Crippen LogP contribution in [0.15, 0.2) is 0 Å². The van der Waals surface area contributed by atoms with E-state index in [4.69, 9.17) is 0 Å². The SMILES string of the molecule is CC(C)NCC1CCCCN1C1CCCC(S(C)(=O)=O)C1.